The Balaban J connectivity index is 2.49. The lowest BCUT2D eigenvalue weighted by molar-refractivity contribution is 0.562. The summed E-state index contributed by atoms with van der Waals surface area (Å²) in [7, 11) is 1.87. The number of nitrogens with one attached hydrogen (secondary N) is 1. The fourth-order valence-corrected chi connectivity index (χ4v) is 1.94. The highest BCUT2D eigenvalue weighted by Gasteiger charge is 2.22. The second-order valence-electron chi connectivity index (χ2n) is 3.64. The monoisotopic (exact) mass is 202 g/mol. The van der Waals surface area contributed by atoms with E-state index in [1.807, 2.05) is 30.1 Å². The van der Waals surface area contributed by atoms with Crippen molar-refractivity contribution in [3.05, 3.63) is 34.7 Å². The Labute approximate surface area is 86.1 Å². The normalized spacial score (nSPS) is 14.1. The maximum absolute atomic E-state index is 11.7. The van der Waals surface area contributed by atoms with Crippen molar-refractivity contribution in [2.75, 3.05) is 23.9 Å². The van der Waals surface area contributed by atoms with Crippen LogP contribution in [-0.2, 0) is 0 Å². The minimum Gasteiger partial charge on any atom is -0.421 e. The third-order valence-corrected chi connectivity index (χ3v) is 2.66. The van der Waals surface area contributed by atoms with Crippen molar-refractivity contribution in [1.29, 1.82) is 0 Å². The van der Waals surface area contributed by atoms with E-state index < -0.39 is 0 Å². The van der Waals surface area contributed by atoms with Gasteiger partial charge in [0.05, 0.1) is 12.4 Å². The summed E-state index contributed by atoms with van der Waals surface area (Å²) in [5.41, 5.74) is 1.85. The predicted molar refractivity (Wildman–Crippen MR) is 59.4 cm³/mol. The molecule has 0 unspecified atom stereocenters. The number of anilines is 2. The summed E-state index contributed by atoms with van der Waals surface area (Å²) in [4.78, 5) is 13.5. The third kappa shape index (κ3) is 1.05. The van der Waals surface area contributed by atoms with Gasteiger partial charge in [-0.2, -0.15) is 0 Å². The molecule has 4 heteroatoms. The smallest absolute Gasteiger partial charge is 0.362 e. The number of nitrogens with zero attached hydrogens (tertiary/aromatic N) is 1. The van der Waals surface area contributed by atoms with Crippen LogP contribution in [0.4, 0.5) is 11.4 Å². The van der Waals surface area contributed by atoms with E-state index in [4.69, 9.17) is 4.42 Å². The molecule has 1 aromatic carbocycles. The first-order valence-electron chi connectivity index (χ1n) is 4.78. The maximum Gasteiger partial charge on any atom is 0.362 e. The summed E-state index contributed by atoms with van der Waals surface area (Å²) in [6, 6.07) is 7.54. The van der Waals surface area contributed by atoms with Gasteiger partial charge in [-0.05, 0) is 12.1 Å². The maximum atomic E-state index is 11.7. The van der Waals surface area contributed by atoms with E-state index in [1.165, 1.54) is 0 Å². The van der Waals surface area contributed by atoms with E-state index in [2.05, 4.69) is 5.32 Å². The number of rotatable bonds is 0. The van der Waals surface area contributed by atoms with Crippen LogP contribution in [-0.4, -0.2) is 13.7 Å². The zero-order valence-electron chi connectivity index (χ0n) is 8.28. The number of benzene rings is 1. The molecule has 1 aliphatic heterocycles. The van der Waals surface area contributed by atoms with Gasteiger partial charge in [-0.25, -0.2) is 4.79 Å². The van der Waals surface area contributed by atoms with Gasteiger partial charge >= 0.3 is 5.63 Å². The molecule has 1 aliphatic rings. The van der Waals surface area contributed by atoms with E-state index in [-0.39, 0.29) is 5.63 Å². The molecule has 15 heavy (non-hydrogen) atoms. The van der Waals surface area contributed by atoms with Crippen LogP contribution in [0.3, 0.4) is 0 Å². The number of fused-ring (bicyclic) bond motifs is 3. The lowest BCUT2D eigenvalue weighted by atomic mass is 10.2. The van der Waals surface area contributed by atoms with Crippen LogP contribution < -0.4 is 15.8 Å². The molecule has 0 saturated carbocycles. The van der Waals surface area contributed by atoms with Crippen molar-refractivity contribution in [1.82, 2.24) is 0 Å². The SMILES string of the molecule is CN1CNc2c1c(=O)oc1ccccc21. The van der Waals surface area contributed by atoms with E-state index in [0.717, 1.165) is 11.1 Å². The summed E-state index contributed by atoms with van der Waals surface area (Å²) < 4.78 is 5.24. The van der Waals surface area contributed by atoms with Gasteiger partial charge in [0.25, 0.3) is 0 Å². The van der Waals surface area contributed by atoms with E-state index in [0.29, 0.717) is 17.9 Å². The van der Waals surface area contributed by atoms with Gasteiger partial charge in [-0.1, -0.05) is 12.1 Å². The molecule has 0 saturated heterocycles. The first-order chi connectivity index (χ1) is 7.27. The lowest BCUT2D eigenvalue weighted by Gasteiger charge is -2.07. The molecule has 2 heterocycles. The van der Waals surface area contributed by atoms with Crippen molar-refractivity contribution in [3.63, 3.8) is 0 Å². The summed E-state index contributed by atoms with van der Waals surface area (Å²) >= 11 is 0. The van der Waals surface area contributed by atoms with Crippen molar-refractivity contribution in [3.8, 4) is 0 Å². The van der Waals surface area contributed by atoms with Crippen LogP contribution in [0.5, 0.6) is 0 Å². The van der Waals surface area contributed by atoms with Gasteiger partial charge in [0, 0.05) is 12.4 Å². The van der Waals surface area contributed by atoms with Crippen molar-refractivity contribution in [2.45, 2.75) is 0 Å². The van der Waals surface area contributed by atoms with Gasteiger partial charge < -0.3 is 14.6 Å². The second-order valence-corrected chi connectivity index (χ2v) is 3.64. The first-order valence-corrected chi connectivity index (χ1v) is 4.78. The molecule has 0 aliphatic carbocycles. The predicted octanol–water partition coefficient (Wildman–Crippen LogP) is 1.61. The Kier molecular flexibility index (Phi) is 1.54. The van der Waals surface area contributed by atoms with E-state index in [9.17, 15) is 4.79 Å². The summed E-state index contributed by atoms with van der Waals surface area (Å²) in [6.07, 6.45) is 0. The quantitative estimate of drug-likeness (QED) is 0.659. The molecule has 0 spiro atoms. The van der Waals surface area contributed by atoms with Gasteiger partial charge in [0.15, 0.2) is 0 Å². The summed E-state index contributed by atoms with van der Waals surface area (Å²) in [6.45, 7) is 0.647. The summed E-state index contributed by atoms with van der Waals surface area (Å²) in [5, 5.41) is 4.15. The Morgan fingerprint density at radius 2 is 2.20 bits per heavy atom. The van der Waals surface area contributed by atoms with Crippen LogP contribution in [0, 0.1) is 0 Å². The van der Waals surface area contributed by atoms with Crippen LogP contribution in [0.2, 0.25) is 0 Å². The van der Waals surface area contributed by atoms with E-state index >= 15 is 0 Å². The third-order valence-electron chi connectivity index (χ3n) is 2.66. The van der Waals surface area contributed by atoms with Gasteiger partial charge in [-0.3, -0.25) is 0 Å². The topological polar surface area (TPSA) is 45.5 Å². The Morgan fingerprint density at radius 1 is 1.40 bits per heavy atom. The van der Waals surface area contributed by atoms with Crippen molar-refractivity contribution in [2.24, 2.45) is 0 Å². The standard InChI is InChI=1S/C11H10N2O2/c1-13-6-12-9-7-4-2-3-5-8(7)15-11(14)10(9)13/h2-5,12H,6H2,1H3. The molecule has 0 fully saturated rings. The minimum absolute atomic E-state index is 0.281. The fraction of sp³-hybridized carbons (Fsp3) is 0.182. The minimum atomic E-state index is -0.281. The molecular formula is C11H10N2O2. The fourth-order valence-electron chi connectivity index (χ4n) is 1.94. The molecule has 1 N–H and O–H groups in total. The summed E-state index contributed by atoms with van der Waals surface area (Å²) in [5.74, 6) is 0. The van der Waals surface area contributed by atoms with Gasteiger partial charge in [0.2, 0.25) is 0 Å². The Hall–Kier alpha value is -1.97. The molecule has 3 rings (SSSR count). The molecule has 0 bridgehead atoms. The number of hydrogen-bond acceptors (Lipinski definition) is 4. The van der Waals surface area contributed by atoms with Gasteiger partial charge in [-0.15, -0.1) is 0 Å². The highest BCUT2D eigenvalue weighted by Crippen LogP contribution is 2.33. The highest BCUT2D eigenvalue weighted by molar-refractivity contribution is 5.98. The first kappa shape index (κ1) is 8.35. The number of para-hydroxylation sites is 1. The zero-order chi connectivity index (χ0) is 10.4. The van der Waals surface area contributed by atoms with Crippen LogP contribution in [0.15, 0.2) is 33.5 Å². The van der Waals surface area contributed by atoms with Crippen LogP contribution in [0.25, 0.3) is 11.0 Å². The van der Waals surface area contributed by atoms with Gasteiger partial charge in [0.1, 0.15) is 11.3 Å². The molecule has 0 amide bonds. The van der Waals surface area contributed by atoms with Crippen LogP contribution in [0.1, 0.15) is 0 Å². The van der Waals surface area contributed by atoms with E-state index in [1.54, 1.807) is 6.07 Å². The Bertz CT molecular complexity index is 589. The largest absolute Gasteiger partial charge is 0.421 e. The molecular weight excluding hydrogens is 192 g/mol. The highest BCUT2D eigenvalue weighted by atomic mass is 16.4. The lowest BCUT2D eigenvalue weighted by Crippen LogP contribution is -2.20. The average Bonchev–Trinajstić information content (AvgIpc) is 2.62. The molecule has 2 aromatic rings. The average molecular weight is 202 g/mol. The Morgan fingerprint density at radius 3 is 3.07 bits per heavy atom. The van der Waals surface area contributed by atoms with Crippen molar-refractivity contribution >= 4 is 22.3 Å². The molecule has 4 nitrogen and oxygen atoms in total. The molecule has 0 atom stereocenters. The molecule has 76 valence electrons. The van der Waals surface area contributed by atoms with Crippen molar-refractivity contribution < 1.29 is 4.42 Å². The second kappa shape index (κ2) is 2.76. The molecule has 0 radical (unpaired) electrons. The molecule has 1 aromatic heterocycles. The van der Waals surface area contributed by atoms with Crippen LogP contribution >= 0.6 is 0 Å². The zero-order valence-corrected chi connectivity index (χ0v) is 8.28. The number of hydrogen-bond donors (Lipinski definition) is 1.